The molecule has 94 valence electrons. The maximum Gasteiger partial charge on any atom is 0.490 e. The van der Waals surface area contributed by atoms with Crippen LogP contribution in [0.3, 0.4) is 0 Å². The van der Waals surface area contributed by atoms with E-state index in [1.54, 1.807) is 0 Å². The number of rotatable bonds is 0. The van der Waals surface area contributed by atoms with Gasteiger partial charge in [0.1, 0.15) is 0 Å². The lowest BCUT2D eigenvalue weighted by Gasteiger charge is -2.38. The first-order chi connectivity index (χ1) is 7.25. The van der Waals surface area contributed by atoms with Crippen molar-refractivity contribution in [2.45, 2.75) is 25.1 Å². The van der Waals surface area contributed by atoms with Crippen LogP contribution in [0.15, 0.2) is 0 Å². The fraction of sp³-hybridized carbons (Fsp3) is 0.889. The molecule has 1 spiro atoms. The summed E-state index contributed by atoms with van der Waals surface area (Å²) in [7, 11) is 0. The van der Waals surface area contributed by atoms with E-state index in [1.165, 1.54) is 6.42 Å². The highest BCUT2D eigenvalue weighted by molar-refractivity contribution is 5.73. The van der Waals surface area contributed by atoms with Crippen LogP contribution in [0.4, 0.5) is 13.2 Å². The molecule has 0 radical (unpaired) electrons. The van der Waals surface area contributed by atoms with Crippen molar-refractivity contribution in [2.24, 2.45) is 5.92 Å². The van der Waals surface area contributed by atoms with E-state index in [0.717, 1.165) is 25.6 Å². The van der Waals surface area contributed by atoms with Gasteiger partial charge in [0.2, 0.25) is 0 Å². The van der Waals surface area contributed by atoms with Gasteiger partial charge in [0.15, 0.2) is 0 Å². The van der Waals surface area contributed by atoms with E-state index >= 15 is 0 Å². The summed E-state index contributed by atoms with van der Waals surface area (Å²) in [4.78, 5) is 8.90. The van der Waals surface area contributed by atoms with Gasteiger partial charge in [0.05, 0.1) is 12.2 Å². The minimum absolute atomic E-state index is 0.277. The summed E-state index contributed by atoms with van der Waals surface area (Å²) in [5.41, 5.74) is 0.277. The topological polar surface area (TPSA) is 58.6 Å². The van der Waals surface area contributed by atoms with Gasteiger partial charge in [-0.2, -0.15) is 13.2 Å². The van der Waals surface area contributed by atoms with Crippen LogP contribution < -0.4 is 5.32 Å². The number of carboxylic acid groups (broad SMARTS) is 1. The Hall–Kier alpha value is -0.820. The van der Waals surface area contributed by atoms with Crippen LogP contribution in [0.5, 0.6) is 0 Å². The Labute approximate surface area is 90.8 Å². The summed E-state index contributed by atoms with van der Waals surface area (Å²) in [5, 5.41) is 10.4. The van der Waals surface area contributed by atoms with Crippen molar-refractivity contribution in [3.63, 3.8) is 0 Å². The molecule has 2 fully saturated rings. The minimum Gasteiger partial charge on any atom is -0.475 e. The van der Waals surface area contributed by atoms with Crippen molar-refractivity contribution in [3.8, 4) is 0 Å². The van der Waals surface area contributed by atoms with Crippen LogP contribution in [-0.2, 0) is 9.53 Å². The number of carbonyl (C=O) groups is 1. The monoisotopic (exact) mass is 241 g/mol. The first kappa shape index (κ1) is 13.2. The number of ether oxygens (including phenoxy) is 1. The molecule has 2 aliphatic heterocycles. The predicted octanol–water partition coefficient (Wildman–Crippen LogP) is 1.02. The minimum atomic E-state index is -5.08. The molecule has 2 rings (SSSR count). The van der Waals surface area contributed by atoms with Gasteiger partial charge in [-0.1, -0.05) is 6.92 Å². The molecule has 0 aromatic carbocycles. The largest absolute Gasteiger partial charge is 0.490 e. The van der Waals surface area contributed by atoms with Crippen molar-refractivity contribution >= 4 is 5.97 Å². The maximum absolute atomic E-state index is 10.6. The Morgan fingerprint density at radius 2 is 2.00 bits per heavy atom. The molecule has 7 heteroatoms. The third kappa shape index (κ3) is 3.34. The van der Waals surface area contributed by atoms with Crippen LogP contribution in [-0.4, -0.2) is 42.5 Å². The molecule has 2 heterocycles. The molecule has 0 aliphatic carbocycles. The Morgan fingerprint density at radius 3 is 2.12 bits per heavy atom. The van der Waals surface area contributed by atoms with Crippen molar-refractivity contribution in [3.05, 3.63) is 0 Å². The third-order valence-electron chi connectivity index (χ3n) is 2.53. The Kier molecular flexibility index (Phi) is 3.80. The summed E-state index contributed by atoms with van der Waals surface area (Å²) < 4.78 is 37.4. The van der Waals surface area contributed by atoms with Gasteiger partial charge in [-0.15, -0.1) is 0 Å². The van der Waals surface area contributed by atoms with Crippen LogP contribution in [0.25, 0.3) is 0 Å². The number of aliphatic carboxylic acids is 1. The average Bonchev–Trinajstić information content (AvgIpc) is 2.46. The Morgan fingerprint density at radius 1 is 1.50 bits per heavy atom. The number of carboxylic acids is 1. The first-order valence-electron chi connectivity index (χ1n) is 4.90. The van der Waals surface area contributed by atoms with Crippen LogP contribution in [0.1, 0.15) is 13.3 Å². The highest BCUT2D eigenvalue weighted by atomic mass is 19.4. The first-order valence-corrected chi connectivity index (χ1v) is 4.90. The number of alkyl halides is 3. The summed E-state index contributed by atoms with van der Waals surface area (Å²) in [6.45, 7) is 5.39. The van der Waals surface area contributed by atoms with Gasteiger partial charge in [-0.3, -0.25) is 0 Å². The van der Waals surface area contributed by atoms with Gasteiger partial charge < -0.3 is 15.2 Å². The number of hydrogen-bond donors (Lipinski definition) is 2. The standard InChI is InChI=1S/C7H13NO.C2HF3O2/c1-6-2-7(9-3-6)4-8-5-7;3-2(4,5)1(6)7/h6,8H,2-5H2,1H3;(H,6,7). The second-order valence-electron chi connectivity index (χ2n) is 4.21. The SMILES string of the molecule is CC1COC2(CNC2)C1.O=C(O)C(F)(F)F. The zero-order chi connectivity index (χ0) is 12.4. The average molecular weight is 241 g/mol. The molecule has 0 aromatic rings. The molecule has 1 unspecified atom stereocenters. The highest BCUT2D eigenvalue weighted by Gasteiger charge is 2.43. The number of hydrogen-bond acceptors (Lipinski definition) is 3. The molecule has 0 amide bonds. The fourth-order valence-corrected chi connectivity index (χ4v) is 1.72. The lowest BCUT2D eigenvalue weighted by atomic mass is 9.90. The predicted molar refractivity (Wildman–Crippen MR) is 49.0 cm³/mol. The van der Waals surface area contributed by atoms with E-state index < -0.39 is 12.1 Å². The molecular formula is C9H14F3NO3. The smallest absolute Gasteiger partial charge is 0.475 e. The lowest BCUT2D eigenvalue weighted by molar-refractivity contribution is -0.192. The van der Waals surface area contributed by atoms with E-state index in [4.69, 9.17) is 14.6 Å². The Balaban J connectivity index is 0.000000168. The van der Waals surface area contributed by atoms with Crippen LogP contribution >= 0.6 is 0 Å². The van der Waals surface area contributed by atoms with Crippen LogP contribution in [0, 0.1) is 5.92 Å². The molecular weight excluding hydrogens is 227 g/mol. The van der Waals surface area contributed by atoms with E-state index in [9.17, 15) is 13.2 Å². The van der Waals surface area contributed by atoms with E-state index in [-0.39, 0.29) is 5.60 Å². The summed E-state index contributed by atoms with van der Waals surface area (Å²) in [5.74, 6) is -1.97. The van der Waals surface area contributed by atoms with Crippen molar-refractivity contribution in [1.29, 1.82) is 0 Å². The second-order valence-corrected chi connectivity index (χ2v) is 4.21. The van der Waals surface area contributed by atoms with Crippen molar-refractivity contribution < 1.29 is 27.8 Å². The van der Waals surface area contributed by atoms with Gasteiger partial charge >= 0.3 is 12.1 Å². The summed E-state index contributed by atoms with van der Waals surface area (Å²) in [6, 6.07) is 0. The molecule has 2 aliphatic rings. The normalized spacial score (nSPS) is 26.9. The van der Waals surface area contributed by atoms with Crippen molar-refractivity contribution in [2.75, 3.05) is 19.7 Å². The summed E-state index contributed by atoms with van der Waals surface area (Å²) in [6.07, 6.45) is -3.82. The summed E-state index contributed by atoms with van der Waals surface area (Å²) >= 11 is 0. The molecule has 2 N–H and O–H groups in total. The molecule has 0 bridgehead atoms. The number of halogens is 3. The second kappa shape index (κ2) is 4.58. The lowest BCUT2D eigenvalue weighted by Crippen LogP contribution is -2.59. The van der Waals surface area contributed by atoms with Gasteiger partial charge in [0, 0.05) is 13.1 Å². The molecule has 16 heavy (non-hydrogen) atoms. The zero-order valence-electron chi connectivity index (χ0n) is 8.80. The van der Waals surface area contributed by atoms with E-state index in [0.29, 0.717) is 0 Å². The molecule has 4 nitrogen and oxygen atoms in total. The van der Waals surface area contributed by atoms with E-state index in [1.807, 2.05) is 0 Å². The van der Waals surface area contributed by atoms with Crippen molar-refractivity contribution in [1.82, 2.24) is 5.32 Å². The van der Waals surface area contributed by atoms with Gasteiger partial charge in [0.25, 0.3) is 0 Å². The van der Waals surface area contributed by atoms with E-state index in [2.05, 4.69) is 12.2 Å². The molecule has 1 atom stereocenters. The molecule has 2 saturated heterocycles. The third-order valence-corrected chi connectivity index (χ3v) is 2.53. The molecule has 0 aromatic heterocycles. The maximum atomic E-state index is 10.6. The van der Waals surface area contributed by atoms with Gasteiger partial charge in [-0.25, -0.2) is 4.79 Å². The highest BCUT2D eigenvalue weighted by Crippen LogP contribution is 2.32. The van der Waals surface area contributed by atoms with Crippen LogP contribution in [0.2, 0.25) is 0 Å². The zero-order valence-corrected chi connectivity index (χ0v) is 8.80. The quantitative estimate of drug-likeness (QED) is 0.664. The number of nitrogens with one attached hydrogen (secondary N) is 1. The Bertz CT molecular complexity index is 263. The fourth-order valence-electron chi connectivity index (χ4n) is 1.72. The molecule has 0 saturated carbocycles. The van der Waals surface area contributed by atoms with Gasteiger partial charge in [-0.05, 0) is 12.3 Å².